The van der Waals surface area contributed by atoms with Crippen LogP contribution < -0.4 is 5.32 Å². The average molecular weight is 189 g/mol. The topological polar surface area (TPSA) is 41.5 Å². The number of aliphatic hydroxyl groups excluding tert-OH is 1. The molecule has 0 aliphatic rings. The summed E-state index contributed by atoms with van der Waals surface area (Å²) in [5.74, 6) is 0. The Kier molecular flexibility index (Phi) is 5.53. The quantitative estimate of drug-likeness (QED) is 0.659. The molecule has 0 rings (SSSR count). The predicted octanol–water partition coefficient (Wildman–Crippen LogP) is 1.16. The lowest BCUT2D eigenvalue weighted by Crippen LogP contribution is -2.38. The predicted molar refractivity (Wildman–Crippen MR) is 54.9 cm³/mol. The van der Waals surface area contributed by atoms with Crippen LogP contribution in [0.2, 0.25) is 0 Å². The van der Waals surface area contributed by atoms with Gasteiger partial charge in [0.15, 0.2) is 0 Å². The van der Waals surface area contributed by atoms with Gasteiger partial charge in [-0.05, 0) is 34.1 Å². The lowest BCUT2D eigenvalue weighted by molar-refractivity contribution is 0.00772. The van der Waals surface area contributed by atoms with Gasteiger partial charge in [0.05, 0.1) is 11.7 Å². The maximum atomic E-state index is 9.06. The van der Waals surface area contributed by atoms with Gasteiger partial charge in [0, 0.05) is 19.7 Å². The van der Waals surface area contributed by atoms with Crippen LogP contribution in [0.25, 0.3) is 0 Å². The van der Waals surface area contributed by atoms with Crippen LogP contribution in [-0.2, 0) is 4.74 Å². The maximum Gasteiger partial charge on any atom is 0.0637 e. The summed E-state index contributed by atoms with van der Waals surface area (Å²) in [5.41, 5.74) is -0.0922. The first kappa shape index (κ1) is 12.9. The van der Waals surface area contributed by atoms with Gasteiger partial charge in [0.1, 0.15) is 0 Å². The van der Waals surface area contributed by atoms with Crippen molar-refractivity contribution in [3.05, 3.63) is 0 Å². The van der Waals surface area contributed by atoms with E-state index in [9.17, 15) is 0 Å². The molecule has 2 N–H and O–H groups in total. The zero-order chi connectivity index (χ0) is 10.5. The number of ether oxygens (including phenoxy) is 1. The molecule has 0 aromatic heterocycles. The van der Waals surface area contributed by atoms with Crippen molar-refractivity contribution in [3.8, 4) is 0 Å². The van der Waals surface area contributed by atoms with Crippen molar-refractivity contribution in [1.82, 2.24) is 5.32 Å². The number of nitrogens with one attached hydrogen (secondary N) is 1. The zero-order valence-electron chi connectivity index (χ0n) is 9.42. The van der Waals surface area contributed by atoms with Gasteiger partial charge in [-0.25, -0.2) is 0 Å². The van der Waals surface area contributed by atoms with Crippen LogP contribution in [0.4, 0.5) is 0 Å². The molecule has 0 saturated carbocycles. The lowest BCUT2D eigenvalue weighted by atomic mass is 10.00. The minimum absolute atomic E-state index is 0.0922. The molecule has 0 aliphatic carbocycles. The smallest absolute Gasteiger partial charge is 0.0637 e. The third kappa shape index (κ3) is 6.99. The first-order chi connectivity index (χ1) is 5.87. The van der Waals surface area contributed by atoms with E-state index in [4.69, 9.17) is 9.84 Å². The van der Waals surface area contributed by atoms with E-state index in [1.165, 1.54) is 0 Å². The third-order valence-corrected chi connectivity index (χ3v) is 2.11. The first-order valence-corrected chi connectivity index (χ1v) is 4.84. The molecular weight excluding hydrogens is 166 g/mol. The van der Waals surface area contributed by atoms with E-state index in [2.05, 4.69) is 26.1 Å². The standard InChI is InChI=1S/C10H23NO2/c1-8(11-7-9(2)12)6-10(3,4)13-5/h8-9,11-12H,6-7H2,1-5H3/t8-,9-/m0/s1. The second-order valence-electron chi connectivity index (χ2n) is 4.33. The lowest BCUT2D eigenvalue weighted by Gasteiger charge is -2.27. The van der Waals surface area contributed by atoms with Crippen molar-refractivity contribution in [2.45, 2.75) is 51.9 Å². The van der Waals surface area contributed by atoms with E-state index < -0.39 is 0 Å². The maximum absolute atomic E-state index is 9.06. The van der Waals surface area contributed by atoms with Gasteiger partial charge in [0.2, 0.25) is 0 Å². The van der Waals surface area contributed by atoms with Gasteiger partial charge in [-0.3, -0.25) is 0 Å². The Morgan fingerprint density at radius 1 is 1.38 bits per heavy atom. The van der Waals surface area contributed by atoms with Crippen LogP contribution in [0.15, 0.2) is 0 Å². The molecule has 0 aromatic rings. The van der Waals surface area contributed by atoms with Crippen LogP contribution in [0.1, 0.15) is 34.1 Å². The fraction of sp³-hybridized carbons (Fsp3) is 1.00. The van der Waals surface area contributed by atoms with Crippen LogP contribution in [0.5, 0.6) is 0 Å². The molecule has 0 saturated heterocycles. The monoisotopic (exact) mass is 189 g/mol. The van der Waals surface area contributed by atoms with E-state index in [1.807, 2.05) is 0 Å². The Bertz CT molecular complexity index is 135. The molecule has 0 bridgehead atoms. The molecule has 0 radical (unpaired) electrons. The molecule has 0 spiro atoms. The highest BCUT2D eigenvalue weighted by molar-refractivity contribution is 4.75. The average Bonchev–Trinajstić information content (AvgIpc) is 2.00. The Balaban J connectivity index is 3.67. The van der Waals surface area contributed by atoms with Crippen molar-refractivity contribution in [3.63, 3.8) is 0 Å². The van der Waals surface area contributed by atoms with Crippen molar-refractivity contribution in [2.75, 3.05) is 13.7 Å². The van der Waals surface area contributed by atoms with Gasteiger partial charge in [-0.1, -0.05) is 0 Å². The van der Waals surface area contributed by atoms with E-state index in [0.29, 0.717) is 12.6 Å². The van der Waals surface area contributed by atoms with E-state index in [-0.39, 0.29) is 11.7 Å². The molecule has 0 heterocycles. The van der Waals surface area contributed by atoms with Crippen LogP contribution in [0, 0.1) is 0 Å². The first-order valence-electron chi connectivity index (χ1n) is 4.84. The summed E-state index contributed by atoms with van der Waals surface area (Å²) < 4.78 is 5.31. The molecule has 0 aromatic carbocycles. The van der Waals surface area contributed by atoms with Gasteiger partial charge in [-0.2, -0.15) is 0 Å². The highest BCUT2D eigenvalue weighted by Gasteiger charge is 2.19. The fourth-order valence-corrected chi connectivity index (χ4v) is 1.26. The fourth-order valence-electron chi connectivity index (χ4n) is 1.26. The minimum Gasteiger partial charge on any atom is -0.392 e. The van der Waals surface area contributed by atoms with Crippen molar-refractivity contribution < 1.29 is 9.84 Å². The molecule has 0 fully saturated rings. The number of hydrogen-bond acceptors (Lipinski definition) is 3. The summed E-state index contributed by atoms with van der Waals surface area (Å²) in [7, 11) is 1.72. The molecule has 80 valence electrons. The normalized spacial score (nSPS) is 17.1. The summed E-state index contributed by atoms with van der Waals surface area (Å²) in [6.07, 6.45) is 0.657. The van der Waals surface area contributed by atoms with Crippen LogP contribution in [-0.4, -0.2) is 36.5 Å². The Labute approximate surface area is 81.5 Å². The SMILES string of the molecule is COC(C)(C)C[C@H](C)NC[C@H](C)O. The highest BCUT2D eigenvalue weighted by Crippen LogP contribution is 2.15. The molecule has 13 heavy (non-hydrogen) atoms. The molecule has 3 heteroatoms. The summed E-state index contributed by atoms with van der Waals surface area (Å²) in [4.78, 5) is 0. The third-order valence-electron chi connectivity index (χ3n) is 2.11. The zero-order valence-corrected chi connectivity index (χ0v) is 9.42. The molecule has 3 nitrogen and oxygen atoms in total. The van der Waals surface area contributed by atoms with Crippen molar-refractivity contribution in [2.24, 2.45) is 0 Å². The molecule has 0 aliphatic heterocycles. The number of hydrogen-bond donors (Lipinski definition) is 2. The van der Waals surface area contributed by atoms with E-state index in [1.54, 1.807) is 14.0 Å². The molecule has 0 unspecified atom stereocenters. The second kappa shape index (κ2) is 5.58. The number of aliphatic hydroxyl groups is 1. The Hall–Kier alpha value is -0.120. The molecule has 2 atom stereocenters. The van der Waals surface area contributed by atoms with Gasteiger partial charge in [0.25, 0.3) is 0 Å². The number of rotatable bonds is 6. The molecule has 0 amide bonds. The number of methoxy groups -OCH3 is 1. The van der Waals surface area contributed by atoms with Crippen LogP contribution >= 0.6 is 0 Å². The van der Waals surface area contributed by atoms with Gasteiger partial charge < -0.3 is 15.2 Å². The van der Waals surface area contributed by atoms with Crippen molar-refractivity contribution >= 4 is 0 Å². The largest absolute Gasteiger partial charge is 0.392 e. The summed E-state index contributed by atoms with van der Waals surface area (Å²) >= 11 is 0. The van der Waals surface area contributed by atoms with E-state index in [0.717, 1.165) is 6.42 Å². The van der Waals surface area contributed by atoms with Crippen molar-refractivity contribution in [1.29, 1.82) is 0 Å². The van der Waals surface area contributed by atoms with Gasteiger partial charge >= 0.3 is 0 Å². The Morgan fingerprint density at radius 2 is 1.92 bits per heavy atom. The second-order valence-corrected chi connectivity index (χ2v) is 4.33. The van der Waals surface area contributed by atoms with E-state index >= 15 is 0 Å². The van der Waals surface area contributed by atoms with Gasteiger partial charge in [-0.15, -0.1) is 0 Å². The Morgan fingerprint density at radius 3 is 2.31 bits per heavy atom. The van der Waals surface area contributed by atoms with Crippen LogP contribution in [0.3, 0.4) is 0 Å². The summed E-state index contributed by atoms with van der Waals surface area (Å²) in [6.45, 7) is 8.65. The molecular formula is C10H23NO2. The summed E-state index contributed by atoms with van der Waals surface area (Å²) in [5, 5.41) is 12.3. The minimum atomic E-state index is -0.284. The highest BCUT2D eigenvalue weighted by atomic mass is 16.5. The summed E-state index contributed by atoms with van der Waals surface area (Å²) in [6, 6.07) is 0.365.